The minimum absolute atomic E-state index is 0.192. The quantitative estimate of drug-likeness (QED) is 0.300. The minimum atomic E-state index is -0.576. The van der Waals surface area contributed by atoms with Crippen molar-refractivity contribution >= 4 is 17.6 Å². The Labute approximate surface area is 137 Å². The number of amides is 2. The summed E-state index contributed by atoms with van der Waals surface area (Å²) >= 11 is 5.44. The Balaban J connectivity index is 2.36. The van der Waals surface area contributed by atoms with Crippen molar-refractivity contribution in [2.75, 3.05) is 19.0 Å². The average Bonchev–Trinajstić information content (AvgIpc) is 2.53. The molecule has 0 fully saturated rings. The number of carbonyl (C=O) groups excluding carboxylic acids is 1. The van der Waals surface area contributed by atoms with Crippen LogP contribution in [0.25, 0.3) is 0 Å². The van der Waals surface area contributed by atoms with Crippen LogP contribution in [0, 0.1) is 11.8 Å². The number of nitrogens with one attached hydrogen (secondary N) is 2. The minimum Gasteiger partial charge on any atom is -0.335 e. The number of hydrogen-bond donors (Lipinski definition) is 2. The fraction of sp³-hybridized carbons (Fsp3) is 0.615. The number of aromatic amines is 1. The van der Waals surface area contributed by atoms with Gasteiger partial charge in [-0.15, -0.1) is 16.5 Å². The van der Waals surface area contributed by atoms with Crippen LogP contribution < -0.4 is 16.6 Å². The van der Waals surface area contributed by atoms with Gasteiger partial charge in [-0.1, -0.05) is 0 Å². The highest BCUT2D eigenvalue weighted by Gasteiger charge is 2.12. The molecule has 0 spiro atoms. The molecule has 0 aliphatic carbocycles. The zero-order valence-corrected chi connectivity index (χ0v) is 13.6. The van der Waals surface area contributed by atoms with E-state index in [1.165, 1.54) is 10.8 Å². The molecule has 0 atom stereocenters. The molecule has 9 nitrogen and oxygen atoms in total. The van der Waals surface area contributed by atoms with E-state index in [1.807, 2.05) is 0 Å². The van der Waals surface area contributed by atoms with Crippen LogP contribution in [0.1, 0.15) is 24.8 Å². The number of alkyl halides is 1. The van der Waals surface area contributed by atoms with Gasteiger partial charge >= 0.3 is 11.7 Å². The lowest BCUT2D eigenvalue weighted by atomic mass is 10.2. The molecule has 0 unspecified atom stereocenters. The standard InChI is InChI=1S/C13H20ClN5O4/c1-10-9-18(13(22)16-11(10)20)7-3-2-4-8-19(17-23)12(21)15-6-5-14/h9H,2-8H2,1H3,(H,15,21)(H,16,20,22). The highest BCUT2D eigenvalue weighted by Crippen LogP contribution is 2.01. The first-order chi connectivity index (χ1) is 11.0. The van der Waals surface area contributed by atoms with E-state index in [4.69, 9.17) is 11.6 Å². The maximum Gasteiger partial charge on any atom is 0.340 e. The van der Waals surface area contributed by atoms with E-state index in [2.05, 4.69) is 15.6 Å². The van der Waals surface area contributed by atoms with Gasteiger partial charge in [-0.2, -0.15) is 5.01 Å². The average molecular weight is 346 g/mol. The number of nitroso groups, excluding NO2 is 1. The third-order valence-electron chi connectivity index (χ3n) is 3.16. The van der Waals surface area contributed by atoms with Crippen LogP contribution in [0.15, 0.2) is 21.1 Å². The number of halogens is 1. The monoisotopic (exact) mass is 345 g/mol. The maximum absolute atomic E-state index is 11.6. The second kappa shape index (κ2) is 9.78. The van der Waals surface area contributed by atoms with Crippen molar-refractivity contribution in [2.24, 2.45) is 5.29 Å². The fourth-order valence-electron chi connectivity index (χ4n) is 1.93. The third-order valence-corrected chi connectivity index (χ3v) is 3.35. The van der Waals surface area contributed by atoms with Gasteiger partial charge in [0, 0.05) is 37.3 Å². The first kappa shape index (κ1) is 18.9. The van der Waals surface area contributed by atoms with Crippen molar-refractivity contribution in [1.29, 1.82) is 0 Å². The van der Waals surface area contributed by atoms with Crippen LogP contribution >= 0.6 is 11.6 Å². The van der Waals surface area contributed by atoms with Gasteiger partial charge in [-0.25, -0.2) is 9.59 Å². The van der Waals surface area contributed by atoms with Gasteiger partial charge in [0.15, 0.2) is 0 Å². The van der Waals surface area contributed by atoms with Crippen molar-refractivity contribution in [3.05, 3.63) is 37.5 Å². The summed E-state index contributed by atoms with van der Waals surface area (Å²) in [6.07, 6.45) is 3.44. The first-order valence-corrected chi connectivity index (χ1v) is 7.78. The summed E-state index contributed by atoms with van der Waals surface area (Å²) in [5, 5.41) is 5.92. The molecule has 0 aliphatic heterocycles. The number of carbonyl (C=O) groups is 1. The van der Waals surface area contributed by atoms with E-state index in [-0.39, 0.29) is 24.5 Å². The van der Waals surface area contributed by atoms with E-state index in [1.54, 1.807) is 6.92 Å². The zero-order valence-electron chi connectivity index (χ0n) is 12.9. The molecule has 23 heavy (non-hydrogen) atoms. The molecule has 0 aromatic carbocycles. The van der Waals surface area contributed by atoms with Gasteiger partial charge in [0.2, 0.25) is 0 Å². The summed E-state index contributed by atoms with van der Waals surface area (Å²) in [5.41, 5.74) is -0.365. The van der Waals surface area contributed by atoms with Gasteiger partial charge in [0.1, 0.15) is 0 Å². The predicted octanol–water partition coefficient (Wildman–Crippen LogP) is 0.947. The number of hydrogen-bond acceptors (Lipinski definition) is 5. The second-order valence-corrected chi connectivity index (χ2v) is 5.33. The molecule has 1 aromatic rings. The lowest BCUT2D eigenvalue weighted by Crippen LogP contribution is -2.37. The molecular weight excluding hydrogens is 326 g/mol. The van der Waals surface area contributed by atoms with Crippen LogP contribution in [-0.2, 0) is 6.54 Å². The Morgan fingerprint density at radius 1 is 1.39 bits per heavy atom. The highest BCUT2D eigenvalue weighted by molar-refractivity contribution is 6.18. The molecule has 1 heterocycles. The summed E-state index contributed by atoms with van der Waals surface area (Å²) in [6, 6.07) is -0.576. The van der Waals surface area contributed by atoms with Crippen LogP contribution in [0.4, 0.5) is 4.79 Å². The molecule has 128 valence electrons. The molecule has 10 heteroatoms. The van der Waals surface area contributed by atoms with Gasteiger partial charge in [-0.05, 0) is 26.2 Å². The Kier molecular flexibility index (Phi) is 8.03. The Morgan fingerprint density at radius 2 is 2.13 bits per heavy atom. The Morgan fingerprint density at radius 3 is 2.78 bits per heavy atom. The number of urea groups is 1. The van der Waals surface area contributed by atoms with E-state index in [0.29, 0.717) is 31.4 Å². The molecule has 0 radical (unpaired) electrons. The number of H-pyrrole nitrogens is 1. The summed E-state index contributed by atoms with van der Waals surface area (Å²) in [4.78, 5) is 47.2. The predicted molar refractivity (Wildman–Crippen MR) is 86.5 cm³/mol. The van der Waals surface area contributed by atoms with Gasteiger partial charge in [0.25, 0.3) is 5.56 Å². The number of aryl methyl sites for hydroxylation is 2. The highest BCUT2D eigenvalue weighted by atomic mass is 35.5. The summed E-state index contributed by atoms with van der Waals surface area (Å²) < 4.78 is 1.43. The second-order valence-electron chi connectivity index (χ2n) is 4.95. The molecule has 0 aliphatic rings. The van der Waals surface area contributed by atoms with Crippen LogP contribution in [0.5, 0.6) is 0 Å². The Bertz CT molecular complexity index is 642. The van der Waals surface area contributed by atoms with Crippen molar-refractivity contribution in [3.63, 3.8) is 0 Å². The number of unbranched alkanes of at least 4 members (excludes halogenated alkanes) is 2. The van der Waals surface area contributed by atoms with Crippen molar-refractivity contribution < 1.29 is 4.79 Å². The van der Waals surface area contributed by atoms with Gasteiger partial charge in [0.05, 0.1) is 5.29 Å². The molecule has 0 saturated carbocycles. The van der Waals surface area contributed by atoms with E-state index < -0.39 is 11.7 Å². The normalized spacial score (nSPS) is 10.3. The number of aromatic nitrogens is 2. The zero-order chi connectivity index (χ0) is 17.2. The summed E-state index contributed by atoms with van der Waals surface area (Å²) in [6.45, 7) is 2.53. The van der Waals surface area contributed by atoms with Crippen molar-refractivity contribution in [1.82, 2.24) is 19.9 Å². The van der Waals surface area contributed by atoms with E-state index >= 15 is 0 Å². The summed E-state index contributed by atoms with van der Waals surface area (Å²) in [5.74, 6) is 0.256. The topological polar surface area (TPSA) is 117 Å². The van der Waals surface area contributed by atoms with Crippen LogP contribution in [-0.4, -0.2) is 39.6 Å². The number of rotatable bonds is 9. The molecule has 2 amide bonds. The molecule has 2 N–H and O–H groups in total. The smallest absolute Gasteiger partial charge is 0.335 e. The maximum atomic E-state index is 11.6. The third kappa shape index (κ3) is 6.23. The van der Waals surface area contributed by atoms with Crippen molar-refractivity contribution in [3.8, 4) is 0 Å². The first-order valence-electron chi connectivity index (χ1n) is 7.24. The SMILES string of the molecule is Cc1cn(CCCCCN(N=O)C(=O)NCCCl)c(=O)[nH]c1=O. The summed E-state index contributed by atoms with van der Waals surface area (Å²) in [7, 11) is 0. The molecular formula is C13H20ClN5O4. The lowest BCUT2D eigenvalue weighted by molar-refractivity contribution is 0.198. The lowest BCUT2D eigenvalue weighted by Gasteiger charge is -2.13. The van der Waals surface area contributed by atoms with Crippen LogP contribution in [0.3, 0.4) is 0 Å². The largest absolute Gasteiger partial charge is 0.340 e. The van der Waals surface area contributed by atoms with Crippen molar-refractivity contribution in [2.45, 2.75) is 32.7 Å². The molecule has 0 bridgehead atoms. The molecule has 0 saturated heterocycles. The van der Waals surface area contributed by atoms with Crippen LogP contribution in [0.2, 0.25) is 0 Å². The number of nitrogens with zero attached hydrogens (tertiary/aromatic N) is 3. The van der Waals surface area contributed by atoms with E-state index in [0.717, 1.165) is 5.01 Å². The molecule has 1 aromatic heterocycles. The fourth-order valence-corrected chi connectivity index (χ4v) is 2.02. The van der Waals surface area contributed by atoms with Gasteiger partial charge in [-0.3, -0.25) is 9.78 Å². The van der Waals surface area contributed by atoms with E-state index in [9.17, 15) is 19.3 Å². The molecule has 1 rings (SSSR count). The van der Waals surface area contributed by atoms with Gasteiger partial charge < -0.3 is 9.88 Å². The Hall–Kier alpha value is -2.16.